The number of pyridine rings is 1. The van der Waals surface area contributed by atoms with Crippen molar-refractivity contribution < 1.29 is 22.6 Å². The minimum absolute atomic E-state index is 0.0462. The van der Waals surface area contributed by atoms with E-state index in [-0.39, 0.29) is 24.4 Å². The van der Waals surface area contributed by atoms with Gasteiger partial charge in [0.05, 0.1) is 18.3 Å². The number of nitrogens with zero attached hydrogens (tertiary/aromatic N) is 1. The van der Waals surface area contributed by atoms with Crippen molar-refractivity contribution in [3.63, 3.8) is 0 Å². The first-order valence-electron chi connectivity index (χ1n) is 6.90. The van der Waals surface area contributed by atoms with Crippen LogP contribution in [0.4, 0.5) is 19.0 Å². The van der Waals surface area contributed by atoms with E-state index in [1.165, 1.54) is 0 Å². The van der Waals surface area contributed by atoms with E-state index in [4.69, 9.17) is 9.47 Å². The van der Waals surface area contributed by atoms with Crippen molar-refractivity contribution in [2.45, 2.75) is 39.5 Å². The van der Waals surface area contributed by atoms with Crippen molar-refractivity contribution in [3.05, 3.63) is 17.7 Å². The molecular weight excluding hydrogens is 285 g/mol. The van der Waals surface area contributed by atoms with E-state index in [2.05, 4.69) is 10.3 Å². The van der Waals surface area contributed by atoms with Gasteiger partial charge < -0.3 is 14.8 Å². The zero-order valence-corrected chi connectivity index (χ0v) is 12.5. The molecule has 0 fully saturated rings. The molecule has 4 nitrogen and oxygen atoms in total. The highest BCUT2D eigenvalue weighted by Crippen LogP contribution is 2.32. The van der Waals surface area contributed by atoms with Gasteiger partial charge in [0.25, 0.3) is 0 Å². The Bertz CT molecular complexity index is 437. The molecular formula is C14H21F3N2O2. The Morgan fingerprint density at radius 1 is 1.24 bits per heavy atom. The normalized spacial score (nSPS) is 11.8. The molecule has 1 N–H and O–H groups in total. The molecule has 21 heavy (non-hydrogen) atoms. The summed E-state index contributed by atoms with van der Waals surface area (Å²) in [5, 5.41) is 2.83. The zero-order valence-electron chi connectivity index (χ0n) is 12.5. The molecule has 0 radical (unpaired) electrons. The van der Waals surface area contributed by atoms with Gasteiger partial charge in [-0.15, -0.1) is 0 Å². The molecule has 0 atom stereocenters. The topological polar surface area (TPSA) is 43.4 Å². The number of alkyl halides is 3. The van der Waals surface area contributed by atoms with Crippen LogP contribution in [-0.4, -0.2) is 30.8 Å². The molecule has 1 rings (SSSR count). The Morgan fingerprint density at radius 3 is 2.52 bits per heavy atom. The molecule has 1 aromatic rings. The predicted octanol–water partition coefficient (Wildman–Crippen LogP) is 3.73. The molecule has 0 spiro atoms. The van der Waals surface area contributed by atoms with E-state index in [0.717, 1.165) is 18.6 Å². The van der Waals surface area contributed by atoms with Crippen molar-refractivity contribution in [2.24, 2.45) is 0 Å². The van der Waals surface area contributed by atoms with Crippen molar-refractivity contribution >= 4 is 5.82 Å². The van der Waals surface area contributed by atoms with Crippen LogP contribution in [0.1, 0.15) is 32.8 Å². The van der Waals surface area contributed by atoms with Crippen LogP contribution >= 0.6 is 0 Å². The van der Waals surface area contributed by atoms with Gasteiger partial charge in [-0.05, 0) is 26.3 Å². The Morgan fingerprint density at radius 2 is 1.95 bits per heavy atom. The lowest BCUT2D eigenvalue weighted by Crippen LogP contribution is -2.14. The minimum Gasteiger partial charge on any atom is -0.475 e. The van der Waals surface area contributed by atoms with Crippen LogP contribution in [0.5, 0.6) is 5.88 Å². The summed E-state index contributed by atoms with van der Waals surface area (Å²) in [5.41, 5.74) is -0.782. The quantitative estimate of drug-likeness (QED) is 0.743. The molecule has 0 amide bonds. The third-order valence-electron chi connectivity index (χ3n) is 2.47. The van der Waals surface area contributed by atoms with E-state index < -0.39 is 11.7 Å². The van der Waals surface area contributed by atoms with Crippen LogP contribution in [0, 0.1) is 0 Å². The second-order valence-corrected chi connectivity index (χ2v) is 4.77. The van der Waals surface area contributed by atoms with Crippen molar-refractivity contribution in [1.82, 2.24) is 4.98 Å². The van der Waals surface area contributed by atoms with E-state index >= 15 is 0 Å². The maximum atomic E-state index is 12.8. The van der Waals surface area contributed by atoms with Gasteiger partial charge in [-0.3, -0.25) is 0 Å². The Kier molecular flexibility index (Phi) is 6.74. The highest BCUT2D eigenvalue weighted by Gasteiger charge is 2.32. The molecule has 0 saturated carbocycles. The lowest BCUT2D eigenvalue weighted by molar-refractivity contribution is -0.137. The number of halogens is 3. The summed E-state index contributed by atoms with van der Waals surface area (Å²) in [4.78, 5) is 4.01. The summed E-state index contributed by atoms with van der Waals surface area (Å²) in [6.07, 6.45) is -3.60. The second kappa shape index (κ2) is 8.07. The van der Waals surface area contributed by atoms with Crippen LogP contribution in [0.25, 0.3) is 0 Å². The third kappa shape index (κ3) is 6.66. The number of rotatable bonds is 8. The first kappa shape index (κ1) is 17.6. The van der Waals surface area contributed by atoms with Crippen LogP contribution in [0.2, 0.25) is 0 Å². The van der Waals surface area contributed by atoms with Gasteiger partial charge >= 0.3 is 6.18 Å². The summed E-state index contributed by atoms with van der Waals surface area (Å²) in [6.45, 7) is 6.66. The summed E-state index contributed by atoms with van der Waals surface area (Å²) in [6, 6.07) is 1.87. The minimum atomic E-state index is -4.43. The fourth-order valence-corrected chi connectivity index (χ4v) is 1.52. The predicted molar refractivity (Wildman–Crippen MR) is 74.6 cm³/mol. The zero-order chi connectivity index (χ0) is 15.9. The number of ether oxygens (including phenoxy) is 2. The first-order chi connectivity index (χ1) is 9.82. The standard InChI is InChI=1S/C14H21F3N2O2/c1-4-5-18-12-8-11(14(15,16)17)9-13(19-12)21-7-6-20-10(2)3/h8-10H,4-7H2,1-3H3,(H,18,19). The number of anilines is 1. The average Bonchev–Trinajstić information content (AvgIpc) is 2.40. The highest BCUT2D eigenvalue weighted by atomic mass is 19.4. The van der Waals surface area contributed by atoms with E-state index in [0.29, 0.717) is 13.2 Å². The van der Waals surface area contributed by atoms with Crippen molar-refractivity contribution in [3.8, 4) is 5.88 Å². The van der Waals surface area contributed by atoms with E-state index in [1.807, 2.05) is 20.8 Å². The van der Waals surface area contributed by atoms with Crippen LogP contribution < -0.4 is 10.1 Å². The highest BCUT2D eigenvalue weighted by molar-refractivity contribution is 5.42. The molecule has 1 aromatic heterocycles. The summed E-state index contributed by atoms with van der Waals surface area (Å²) < 4.78 is 49.0. The second-order valence-electron chi connectivity index (χ2n) is 4.77. The van der Waals surface area contributed by atoms with Crippen LogP contribution in [0.15, 0.2) is 12.1 Å². The number of nitrogens with one attached hydrogen (secondary N) is 1. The smallest absolute Gasteiger partial charge is 0.416 e. The summed E-state index contributed by atoms with van der Waals surface area (Å²) >= 11 is 0. The van der Waals surface area contributed by atoms with E-state index in [1.54, 1.807) is 0 Å². The maximum absolute atomic E-state index is 12.8. The number of hydrogen-bond acceptors (Lipinski definition) is 4. The van der Waals surface area contributed by atoms with Crippen LogP contribution in [-0.2, 0) is 10.9 Å². The van der Waals surface area contributed by atoms with Gasteiger partial charge in [0.2, 0.25) is 5.88 Å². The molecule has 7 heteroatoms. The molecule has 0 bridgehead atoms. The lowest BCUT2D eigenvalue weighted by atomic mass is 10.2. The van der Waals surface area contributed by atoms with Crippen molar-refractivity contribution in [2.75, 3.05) is 25.1 Å². The Labute approximate surface area is 122 Å². The molecule has 120 valence electrons. The van der Waals surface area contributed by atoms with Gasteiger partial charge in [0.1, 0.15) is 12.4 Å². The van der Waals surface area contributed by atoms with Gasteiger partial charge in [0.15, 0.2) is 0 Å². The molecule has 0 aliphatic rings. The summed E-state index contributed by atoms with van der Waals surface area (Å²) in [5.74, 6) is 0.0993. The monoisotopic (exact) mass is 306 g/mol. The number of aromatic nitrogens is 1. The largest absolute Gasteiger partial charge is 0.475 e. The molecule has 0 aromatic carbocycles. The third-order valence-corrected chi connectivity index (χ3v) is 2.47. The van der Waals surface area contributed by atoms with Crippen molar-refractivity contribution in [1.29, 1.82) is 0 Å². The Balaban J connectivity index is 2.76. The molecule has 0 unspecified atom stereocenters. The molecule has 0 saturated heterocycles. The van der Waals surface area contributed by atoms with Gasteiger partial charge in [-0.2, -0.15) is 18.2 Å². The average molecular weight is 306 g/mol. The molecule has 1 heterocycles. The first-order valence-corrected chi connectivity index (χ1v) is 6.90. The van der Waals surface area contributed by atoms with Crippen LogP contribution in [0.3, 0.4) is 0 Å². The lowest BCUT2D eigenvalue weighted by Gasteiger charge is -2.13. The number of hydrogen-bond donors (Lipinski definition) is 1. The van der Waals surface area contributed by atoms with Gasteiger partial charge in [-0.25, -0.2) is 0 Å². The van der Waals surface area contributed by atoms with Gasteiger partial charge in [0, 0.05) is 12.6 Å². The molecule has 0 aliphatic carbocycles. The SMILES string of the molecule is CCCNc1cc(C(F)(F)F)cc(OCCOC(C)C)n1. The van der Waals surface area contributed by atoms with Gasteiger partial charge in [-0.1, -0.05) is 6.92 Å². The summed E-state index contributed by atoms with van der Waals surface area (Å²) in [7, 11) is 0. The van der Waals surface area contributed by atoms with E-state index in [9.17, 15) is 13.2 Å². The fraction of sp³-hybridized carbons (Fsp3) is 0.643. The maximum Gasteiger partial charge on any atom is 0.416 e. The molecule has 0 aliphatic heterocycles. The Hall–Kier alpha value is -1.50. The fourth-order valence-electron chi connectivity index (χ4n) is 1.52.